The zero-order valence-corrected chi connectivity index (χ0v) is 10.0. The zero-order valence-electron chi connectivity index (χ0n) is 9.21. The molecule has 1 saturated carbocycles. The van der Waals surface area contributed by atoms with E-state index in [2.05, 4.69) is 9.71 Å². The Kier molecular flexibility index (Phi) is 3.01. The molecule has 0 atom stereocenters. The molecule has 1 aliphatic rings. The lowest BCUT2D eigenvalue weighted by Crippen LogP contribution is -2.12. The fourth-order valence-electron chi connectivity index (χ4n) is 1.26. The minimum absolute atomic E-state index is 0.124. The van der Waals surface area contributed by atoms with Gasteiger partial charge in [0.1, 0.15) is 5.69 Å². The molecule has 1 N–H and O–H groups in total. The van der Waals surface area contributed by atoms with Crippen molar-refractivity contribution in [3.63, 3.8) is 0 Å². The van der Waals surface area contributed by atoms with Crippen molar-refractivity contribution >= 4 is 22.0 Å². The van der Waals surface area contributed by atoms with Gasteiger partial charge in [0.05, 0.1) is 24.2 Å². The summed E-state index contributed by atoms with van der Waals surface area (Å²) in [4.78, 5) is 14.4. The lowest BCUT2D eigenvalue weighted by atomic mass is 10.3. The number of hydrogen-bond donors (Lipinski definition) is 1. The van der Waals surface area contributed by atoms with Gasteiger partial charge in [0, 0.05) is 0 Å². The molecule has 1 aliphatic carbocycles. The maximum atomic E-state index is 11.2. The summed E-state index contributed by atoms with van der Waals surface area (Å²) in [6.45, 7) is 0. The lowest BCUT2D eigenvalue weighted by Gasteiger charge is -2.11. The van der Waals surface area contributed by atoms with Crippen LogP contribution in [0.25, 0.3) is 0 Å². The molecule has 0 aromatic carbocycles. The molecule has 17 heavy (non-hydrogen) atoms. The standard InChI is InChI=1S/C10H12N2O4S/c1-17(14,15)12-9-4-7(6-13)11-5-10(9)16-8-2-3-8/h4-6,8H,2-3H2,1H3,(H,11,12). The fourth-order valence-corrected chi connectivity index (χ4v) is 1.82. The predicted octanol–water partition coefficient (Wildman–Crippen LogP) is 0.807. The lowest BCUT2D eigenvalue weighted by molar-refractivity contribution is 0.111. The van der Waals surface area contributed by atoms with Crippen molar-refractivity contribution in [2.24, 2.45) is 0 Å². The number of ether oxygens (including phenoxy) is 1. The van der Waals surface area contributed by atoms with E-state index in [9.17, 15) is 13.2 Å². The van der Waals surface area contributed by atoms with Crippen LogP contribution in [-0.4, -0.2) is 32.0 Å². The molecule has 6 nitrogen and oxygen atoms in total. The van der Waals surface area contributed by atoms with Crippen LogP contribution >= 0.6 is 0 Å². The van der Waals surface area contributed by atoms with E-state index in [4.69, 9.17) is 4.74 Å². The quantitative estimate of drug-likeness (QED) is 0.788. The average Bonchev–Trinajstić information content (AvgIpc) is 3.02. The monoisotopic (exact) mass is 256 g/mol. The number of carbonyl (C=O) groups is 1. The summed E-state index contributed by atoms with van der Waals surface area (Å²) in [6, 6.07) is 1.35. The van der Waals surface area contributed by atoms with E-state index >= 15 is 0 Å². The van der Waals surface area contributed by atoms with Crippen molar-refractivity contribution in [3.05, 3.63) is 18.0 Å². The van der Waals surface area contributed by atoms with Crippen molar-refractivity contribution in [2.45, 2.75) is 18.9 Å². The largest absolute Gasteiger partial charge is 0.487 e. The minimum Gasteiger partial charge on any atom is -0.487 e. The Bertz CT molecular complexity index is 537. The number of anilines is 1. The molecule has 0 amide bonds. The topological polar surface area (TPSA) is 85.4 Å². The fraction of sp³-hybridized carbons (Fsp3) is 0.400. The van der Waals surface area contributed by atoms with E-state index in [-0.39, 0.29) is 17.5 Å². The summed E-state index contributed by atoms with van der Waals surface area (Å²) in [5, 5.41) is 0. The Balaban J connectivity index is 2.31. The van der Waals surface area contributed by atoms with E-state index in [0.717, 1.165) is 19.1 Å². The molecule has 92 valence electrons. The first-order valence-electron chi connectivity index (χ1n) is 5.07. The van der Waals surface area contributed by atoms with Gasteiger partial charge >= 0.3 is 0 Å². The number of sulfonamides is 1. The van der Waals surface area contributed by atoms with Crippen molar-refractivity contribution in [1.82, 2.24) is 4.98 Å². The van der Waals surface area contributed by atoms with Crippen LogP contribution in [0.4, 0.5) is 5.69 Å². The van der Waals surface area contributed by atoms with Gasteiger partial charge in [0.25, 0.3) is 0 Å². The smallest absolute Gasteiger partial charge is 0.229 e. The second kappa shape index (κ2) is 4.33. The number of pyridine rings is 1. The van der Waals surface area contributed by atoms with Crippen molar-refractivity contribution in [3.8, 4) is 5.75 Å². The molecule has 0 radical (unpaired) electrons. The zero-order chi connectivity index (χ0) is 12.5. The van der Waals surface area contributed by atoms with Crippen LogP contribution in [0.15, 0.2) is 12.3 Å². The molecular formula is C10H12N2O4S. The van der Waals surface area contributed by atoms with Gasteiger partial charge in [0.2, 0.25) is 10.0 Å². The highest BCUT2D eigenvalue weighted by Gasteiger charge is 2.25. The van der Waals surface area contributed by atoms with Crippen LogP contribution in [0.1, 0.15) is 23.3 Å². The Morgan fingerprint density at radius 1 is 1.53 bits per heavy atom. The van der Waals surface area contributed by atoms with Crippen molar-refractivity contribution in [1.29, 1.82) is 0 Å². The molecule has 1 heterocycles. The van der Waals surface area contributed by atoms with Crippen LogP contribution in [0.5, 0.6) is 5.75 Å². The summed E-state index contributed by atoms with van der Waals surface area (Å²) < 4.78 is 30.2. The van der Waals surface area contributed by atoms with Gasteiger partial charge in [-0.25, -0.2) is 13.4 Å². The van der Waals surface area contributed by atoms with Crippen LogP contribution in [-0.2, 0) is 10.0 Å². The van der Waals surface area contributed by atoms with E-state index in [1.807, 2.05) is 0 Å². The second-order valence-corrected chi connectivity index (χ2v) is 5.66. The Hall–Kier alpha value is -1.63. The number of aldehydes is 1. The van der Waals surface area contributed by atoms with E-state index in [1.54, 1.807) is 0 Å². The molecule has 0 bridgehead atoms. The molecule has 1 fully saturated rings. The van der Waals surface area contributed by atoms with Gasteiger partial charge in [-0.1, -0.05) is 0 Å². The van der Waals surface area contributed by atoms with Crippen LogP contribution in [0, 0.1) is 0 Å². The number of rotatable bonds is 5. The summed E-state index contributed by atoms with van der Waals surface area (Å²) in [6.07, 6.45) is 4.97. The molecule has 0 spiro atoms. The predicted molar refractivity (Wildman–Crippen MR) is 61.7 cm³/mol. The first kappa shape index (κ1) is 11.8. The number of aromatic nitrogens is 1. The molecule has 1 aromatic heterocycles. The van der Waals surface area contributed by atoms with Gasteiger partial charge in [-0.05, 0) is 18.9 Å². The molecular weight excluding hydrogens is 244 g/mol. The Morgan fingerprint density at radius 3 is 2.76 bits per heavy atom. The van der Waals surface area contributed by atoms with Crippen molar-refractivity contribution < 1.29 is 17.9 Å². The summed E-state index contributed by atoms with van der Waals surface area (Å²) >= 11 is 0. The molecule has 0 saturated heterocycles. The molecule has 7 heteroatoms. The average molecular weight is 256 g/mol. The van der Waals surface area contributed by atoms with Gasteiger partial charge in [-0.2, -0.15) is 0 Å². The highest BCUT2D eigenvalue weighted by Crippen LogP contribution is 2.32. The van der Waals surface area contributed by atoms with Crippen molar-refractivity contribution in [2.75, 3.05) is 11.0 Å². The summed E-state index contributed by atoms with van der Waals surface area (Å²) in [7, 11) is -3.41. The Labute approximate surface area is 99.1 Å². The molecule has 0 unspecified atom stereocenters. The summed E-state index contributed by atoms with van der Waals surface area (Å²) in [5.74, 6) is 0.350. The van der Waals surface area contributed by atoms with Crippen LogP contribution in [0.3, 0.4) is 0 Å². The first-order chi connectivity index (χ1) is 7.98. The van der Waals surface area contributed by atoms with E-state index in [1.165, 1.54) is 12.3 Å². The molecule has 2 rings (SSSR count). The normalized spacial score (nSPS) is 15.4. The second-order valence-electron chi connectivity index (χ2n) is 3.91. The van der Waals surface area contributed by atoms with Gasteiger partial charge in [0.15, 0.2) is 12.0 Å². The third kappa shape index (κ3) is 3.42. The highest BCUT2D eigenvalue weighted by atomic mass is 32.2. The first-order valence-corrected chi connectivity index (χ1v) is 6.97. The number of nitrogens with one attached hydrogen (secondary N) is 1. The minimum atomic E-state index is -3.41. The maximum absolute atomic E-state index is 11.2. The Morgan fingerprint density at radius 2 is 2.24 bits per heavy atom. The van der Waals surface area contributed by atoms with Crippen LogP contribution in [0.2, 0.25) is 0 Å². The SMILES string of the molecule is CS(=O)(=O)Nc1cc(C=O)ncc1OC1CC1. The third-order valence-corrected chi connectivity index (χ3v) is 2.71. The molecule has 1 aromatic rings. The van der Waals surface area contributed by atoms with Gasteiger partial charge in [-0.3, -0.25) is 9.52 Å². The highest BCUT2D eigenvalue weighted by molar-refractivity contribution is 7.92. The third-order valence-electron chi connectivity index (χ3n) is 2.12. The van der Waals surface area contributed by atoms with Gasteiger partial charge in [-0.15, -0.1) is 0 Å². The van der Waals surface area contributed by atoms with Crippen LogP contribution < -0.4 is 9.46 Å². The van der Waals surface area contributed by atoms with E-state index < -0.39 is 10.0 Å². The number of hydrogen-bond acceptors (Lipinski definition) is 5. The van der Waals surface area contributed by atoms with Gasteiger partial charge < -0.3 is 4.74 Å². The maximum Gasteiger partial charge on any atom is 0.229 e. The number of nitrogens with zero attached hydrogens (tertiary/aromatic N) is 1. The molecule has 0 aliphatic heterocycles. The number of carbonyl (C=O) groups excluding carboxylic acids is 1. The van der Waals surface area contributed by atoms with E-state index in [0.29, 0.717) is 12.0 Å². The summed E-state index contributed by atoms with van der Waals surface area (Å²) in [5.41, 5.74) is 0.399.